The molecule has 1 amide bonds. The van der Waals surface area contributed by atoms with Crippen LogP contribution in [0.1, 0.15) is 25.0 Å². The van der Waals surface area contributed by atoms with Crippen molar-refractivity contribution in [2.75, 3.05) is 32.0 Å². The number of piperidine rings is 1. The molecule has 0 aromatic carbocycles. The fraction of sp³-hybridized carbons (Fsp3) is 0.500. The molecule has 0 bridgehead atoms. The number of aromatic nitrogens is 1. The number of likely N-dealkylation sites (N-methyl/N-ethyl adjacent to an activating group) is 1. The molecule has 1 saturated heterocycles. The number of hydrogen-bond acceptors (Lipinski definition) is 7. The molecule has 0 aliphatic carbocycles. The van der Waals surface area contributed by atoms with Crippen LogP contribution in [0.5, 0.6) is 0 Å². The lowest BCUT2D eigenvalue weighted by atomic mass is 10.1. The lowest BCUT2D eigenvalue weighted by molar-refractivity contribution is -0.116. The van der Waals surface area contributed by atoms with Crippen LogP contribution in [0.2, 0.25) is 0 Å². The van der Waals surface area contributed by atoms with Crippen LogP contribution in [0.3, 0.4) is 0 Å². The average Bonchev–Trinajstić information content (AvgIpc) is 3.28. The maximum absolute atomic E-state index is 12.3. The van der Waals surface area contributed by atoms with E-state index in [-0.39, 0.29) is 10.8 Å². The maximum Gasteiger partial charge on any atom is 0.252 e. The van der Waals surface area contributed by atoms with Crippen LogP contribution in [0, 0.1) is 0 Å². The summed E-state index contributed by atoms with van der Waals surface area (Å²) in [4.78, 5) is 19.0. The van der Waals surface area contributed by atoms with Crippen molar-refractivity contribution in [3.05, 3.63) is 28.6 Å². The molecular formula is C16H22N4O3S3. The number of thiazole rings is 1. The summed E-state index contributed by atoms with van der Waals surface area (Å²) in [5.41, 5.74) is 0.937. The van der Waals surface area contributed by atoms with Crippen molar-refractivity contribution in [3.8, 4) is 0 Å². The fourth-order valence-corrected chi connectivity index (χ4v) is 5.84. The van der Waals surface area contributed by atoms with Crippen molar-refractivity contribution in [1.29, 1.82) is 0 Å². The van der Waals surface area contributed by atoms with Gasteiger partial charge in [0.2, 0.25) is 5.91 Å². The molecule has 10 heteroatoms. The fourth-order valence-electron chi connectivity index (χ4n) is 2.79. The highest BCUT2D eigenvalue weighted by Gasteiger charge is 2.24. The van der Waals surface area contributed by atoms with Crippen molar-refractivity contribution in [2.45, 2.75) is 30.0 Å². The summed E-state index contributed by atoms with van der Waals surface area (Å²) in [5, 5.41) is 6.83. The van der Waals surface area contributed by atoms with Gasteiger partial charge in [-0.1, -0.05) is 12.5 Å². The van der Waals surface area contributed by atoms with E-state index in [9.17, 15) is 13.2 Å². The largest absolute Gasteiger partial charge is 0.301 e. The topological polar surface area (TPSA) is 82.6 Å². The molecule has 26 heavy (non-hydrogen) atoms. The number of amides is 1. The number of likely N-dealkylation sites (tertiary alicyclic amines) is 1. The molecule has 7 nitrogen and oxygen atoms in total. The summed E-state index contributed by atoms with van der Waals surface area (Å²) < 4.78 is 26.0. The number of nitrogens with zero attached hydrogens (tertiary/aromatic N) is 3. The number of nitrogens with one attached hydrogen (secondary N) is 1. The Labute approximate surface area is 161 Å². The zero-order valence-electron chi connectivity index (χ0n) is 14.6. The minimum Gasteiger partial charge on any atom is -0.301 e. The van der Waals surface area contributed by atoms with Crippen LogP contribution in [0.25, 0.3) is 0 Å². The lowest BCUT2D eigenvalue weighted by Crippen LogP contribution is -2.34. The Bertz CT molecular complexity index is 827. The summed E-state index contributed by atoms with van der Waals surface area (Å²) in [7, 11) is -2.23. The molecule has 1 aliphatic rings. The molecule has 2 aromatic rings. The molecule has 0 unspecified atom stereocenters. The van der Waals surface area contributed by atoms with Gasteiger partial charge in [0.1, 0.15) is 4.21 Å². The van der Waals surface area contributed by atoms with Crippen molar-refractivity contribution in [2.24, 2.45) is 0 Å². The first-order chi connectivity index (χ1) is 12.4. The molecule has 142 valence electrons. The zero-order chi connectivity index (χ0) is 18.6. The van der Waals surface area contributed by atoms with Crippen LogP contribution >= 0.6 is 22.7 Å². The van der Waals surface area contributed by atoms with Crippen molar-refractivity contribution >= 4 is 43.7 Å². The summed E-state index contributed by atoms with van der Waals surface area (Å²) >= 11 is 2.50. The van der Waals surface area contributed by atoms with E-state index in [1.165, 1.54) is 43.7 Å². The molecule has 0 atom stereocenters. The smallest absolute Gasteiger partial charge is 0.252 e. The van der Waals surface area contributed by atoms with Gasteiger partial charge in [-0.05, 0) is 37.4 Å². The van der Waals surface area contributed by atoms with Crippen molar-refractivity contribution in [3.63, 3.8) is 0 Å². The predicted octanol–water partition coefficient (Wildman–Crippen LogP) is 2.45. The van der Waals surface area contributed by atoms with Crippen molar-refractivity contribution in [1.82, 2.24) is 14.2 Å². The number of carbonyl (C=O) groups is 1. The number of rotatable bonds is 7. The van der Waals surface area contributed by atoms with E-state index >= 15 is 0 Å². The van der Waals surface area contributed by atoms with E-state index in [2.05, 4.69) is 15.2 Å². The molecule has 1 N–H and O–H groups in total. The summed E-state index contributed by atoms with van der Waals surface area (Å²) in [5.74, 6) is -0.397. The monoisotopic (exact) mass is 414 g/mol. The van der Waals surface area contributed by atoms with Gasteiger partial charge in [0.25, 0.3) is 10.0 Å². The van der Waals surface area contributed by atoms with E-state index in [4.69, 9.17) is 0 Å². The average molecular weight is 415 g/mol. The Balaban J connectivity index is 1.53. The minimum atomic E-state index is -3.63. The molecule has 3 heterocycles. The van der Waals surface area contributed by atoms with E-state index in [0.29, 0.717) is 5.13 Å². The van der Waals surface area contributed by atoms with Gasteiger partial charge in [0, 0.05) is 19.0 Å². The Morgan fingerprint density at radius 2 is 2.08 bits per heavy atom. The minimum absolute atomic E-state index is 0.228. The Morgan fingerprint density at radius 3 is 2.77 bits per heavy atom. The van der Waals surface area contributed by atoms with Crippen LogP contribution in [0.15, 0.2) is 27.1 Å². The second-order valence-corrected chi connectivity index (χ2v) is 10.3. The molecule has 0 spiro atoms. The SMILES string of the molecule is CN(CC(=O)Nc1nc(CN2CCCCC2)cs1)S(=O)(=O)c1cccs1. The third kappa shape index (κ3) is 4.89. The third-order valence-corrected chi connectivity index (χ3v) is 8.14. The van der Waals surface area contributed by atoms with Crippen LogP contribution in [-0.4, -0.2) is 55.2 Å². The van der Waals surface area contributed by atoms with Gasteiger partial charge < -0.3 is 5.32 Å². The van der Waals surface area contributed by atoms with Crippen LogP contribution < -0.4 is 5.32 Å². The quantitative estimate of drug-likeness (QED) is 0.752. The molecule has 3 rings (SSSR count). The highest BCUT2D eigenvalue weighted by molar-refractivity contribution is 7.91. The standard InChI is InChI=1S/C16H22N4O3S3/c1-19(26(22,23)15-6-5-9-24-15)11-14(21)18-16-17-13(12-25-16)10-20-7-3-2-4-8-20/h5-6,9,12H,2-4,7-8,10-11H2,1H3,(H,17,18,21). The Morgan fingerprint density at radius 1 is 1.31 bits per heavy atom. The summed E-state index contributed by atoms with van der Waals surface area (Å²) in [6, 6.07) is 3.20. The van der Waals surface area contributed by atoms with Gasteiger partial charge in [-0.2, -0.15) is 4.31 Å². The van der Waals surface area contributed by atoms with E-state index in [1.54, 1.807) is 11.4 Å². The van der Waals surface area contributed by atoms with Crippen LogP contribution in [-0.2, 0) is 21.4 Å². The second kappa shape index (κ2) is 8.57. The zero-order valence-corrected chi connectivity index (χ0v) is 17.0. The van der Waals surface area contributed by atoms with E-state index < -0.39 is 15.9 Å². The normalized spacial score (nSPS) is 16.1. The predicted molar refractivity (Wildman–Crippen MR) is 104 cm³/mol. The maximum atomic E-state index is 12.3. The Kier molecular flexibility index (Phi) is 6.41. The molecule has 2 aromatic heterocycles. The highest BCUT2D eigenvalue weighted by atomic mass is 32.2. The molecule has 0 saturated carbocycles. The first-order valence-corrected chi connectivity index (χ1v) is 11.6. The summed E-state index contributed by atoms with van der Waals surface area (Å²) in [6.45, 7) is 2.72. The van der Waals surface area contributed by atoms with Crippen LogP contribution in [0.4, 0.5) is 5.13 Å². The first-order valence-electron chi connectivity index (χ1n) is 8.41. The number of thiophene rings is 1. The summed E-state index contributed by atoms with van der Waals surface area (Å²) in [6.07, 6.45) is 3.73. The van der Waals surface area contributed by atoms with Gasteiger partial charge in [0.15, 0.2) is 5.13 Å². The van der Waals surface area contributed by atoms with Gasteiger partial charge >= 0.3 is 0 Å². The number of sulfonamides is 1. The Hall–Kier alpha value is -1.33. The number of anilines is 1. The molecular weight excluding hydrogens is 392 g/mol. The molecule has 1 aliphatic heterocycles. The van der Waals surface area contributed by atoms with Crippen molar-refractivity contribution < 1.29 is 13.2 Å². The van der Waals surface area contributed by atoms with E-state index in [0.717, 1.165) is 41.0 Å². The van der Waals surface area contributed by atoms with Gasteiger partial charge in [-0.3, -0.25) is 9.69 Å². The van der Waals surface area contributed by atoms with Gasteiger partial charge in [-0.15, -0.1) is 22.7 Å². The van der Waals surface area contributed by atoms with Gasteiger partial charge in [-0.25, -0.2) is 13.4 Å². The number of hydrogen-bond donors (Lipinski definition) is 1. The highest BCUT2D eigenvalue weighted by Crippen LogP contribution is 2.21. The second-order valence-electron chi connectivity index (χ2n) is 6.22. The van der Waals surface area contributed by atoms with Gasteiger partial charge in [0.05, 0.1) is 12.2 Å². The first kappa shape index (κ1) is 19.4. The lowest BCUT2D eigenvalue weighted by Gasteiger charge is -2.25. The third-order valence-electron chi connectivity index (χ3n) is 4.16. The molecule has 0 radical (unpaired) electrons. The molecule has 1 fully saturated rings. The van der Waals surface area contributed by atoms with E-state index in [1.807, 2.05) is 5.38 Å². The number of carbonyl (C=O) groups excluding carboxylic acids is 1.